The van der Waals surface area contributed by atoms with Crippen LogP contribution in [-0.4, -0.2) is 23.8 Å². The van der Waals surface area contributed by atoms with Gasteiger partial charge in [-0.25, -0.2) is 4.98 Å². The Labute approximate surface area is 177 Å². The molecule has 0 radical (unpaired) electrons. The lowest BCUT2D eigenvalue weighted by Crippen LogP contribution is -2.10. The maximum Gasteiger partial charge on any atom is 0.293 e. The van der Waals surface area contributed by atoms with Crippen molar-refractivity contribution >= 4 is 28.2 Å². The number of ketones is 1. The molecule has 0 aliphatic heterocycles. The zero-order chi connectivity index (χ0) is 21.1. The summed E-state index contributed by atoms with van der Waals surface area (Å²) in [5.41, 5.74) is 3.11. The van der Waals surface area contributed by atoms with Crippen molar-refractivity contribution in [2.75, 3.05) is 12.4 Å². The fourth-order valence-electron chi connectivity index (χ4n) is 2.87. The molecule has 1 amide bonds. The molecule has 2 aromatic heterocycles. The van der Waals surface area contributed by atoms with E-state index in [1.807, 2.05) is 29.6 Å². The molecular formula is C23H18N2O4S. The molecule has 0 atom stereocenters. The van der Waals surface area contributed by atoms with E-state index >= 15 is 0 Å². The van der Waals surface area contributed by atoms with Gasteiger partial charge in [-0.05, 0) is 43.3 Å². The Bertz CT molecular complexity index is 1190. The van der Waals surface area contributed by atoms with Crippen molar-refractivity contribution in [3.05, 3.63) is 77.4 Å². The number of nitrogens with one attached hydrogen (secondary N) is 1. The molecule has 150 valence electrons. The average molecular weight is 418 g/mol. The number of methoxy groups -OCH3 is 1. The molecule has 0 saturated heterocycles. The van der Waals surface area contributed by atoms with Crippen LogP contribution in [0.3, 0.4) is 0 Å². The molecule has 0 aliphatic carbocycles. The van der Waals surface area contributed by atoms with Gasteiger partial charge in [0, 0.05) is 22.1 Å². The van der Waals surface area contributed by atoms with Crippen LogP contribution in [0.15, 0.2) is 70.5 Å². The van der Waals surface area contributed by atoms with E-state index in [9.17, 15) is 9.59 Å². The summed E-state index contributed by atoms with van der Waals surface area (Å²) in [5.74, 6) is 1.12. The fourth-order valence-corrected chi connectivity index (χ4v) is 3.58. The van der Waals surface area contributed by atoms with E-state index in [4.69, 9.17) is 9.15 Å². The van der Waals surface area contributed by atoms with Crippen molar-refractivity contribution < 1.29 is 18.7 Å². The fraction of sp³-hybridized carbons (Fsp3) is 0.0870. The predicted octanol–water partition coefficient (Wildman–Crippen LogP) is 5.53. The van der Waals surface area contributed by atoms with Crippen molar-refractivity contribution in [3.63, 3.8) is 0 Å². The summed E-state index contributed by atoms with van der Waals surface area (Å²) in [5, 5.41) is 5.12. The summed E-state index contributed by atoms with van der Waals surface area (Å²) in [7, 11) is 1.62. The Balaban J connectivity index is 1.45. The molecule has 0 unspecified atom stereocenters. The lowest BCUT2D eigenvalue weighted by Gasteiger charge is -2.01. The molecule has 0 spiro atoms. The highest BCUT2D eigenvalue weighted by atomic mass is 32.1. The van der Waals surface area contributed by atoms with Crippen molar-refractivity contribution in [3.8, 4) is 28.3 Å². The normalized spacial score (nSPS) is 10.6. The van der Waals surface area contributed by atoms with Crippen molar-refractivity contribution in [2.45, 2.75) is 6.92 Å². The third kappa shape index (κ3) is 4.16. The Kier molecular flexibility index (Phi) is 5.45. The highest BCUT2D eigenvalue weighted by Crippen LogP contribution is 2.28. The number of carbonyl (C=O) groups is 2. The number of nitrogens with zero attached hydrogens (tertiary/aromatic N) is 1. The molecule has 1 N–H and O–H groups in total. The third-order valence-electron chi connectivity index (χ3n) is 4.52. The molecule has 0 aliphatic rings. The van der Waals surface area contributed by atoms with E-state index in [0.717, 1.165) is 22.6 Å². The summed E-state index contributed by atoms with van der Waals surface area (Å²) in [6.07, 6.45) is 0. The lowest BCUT2D eigenvalue weighted by atomic mass is 10.1. The predicted molar refractivity (Wildman–Crippen MR) is 116 cm³/mol. The molecule has 4 rings (SSSR count). The van der Waals surface area contributed by atoms with Crippen LogP contribution in [0.1, 0.15) is 27.8 Å². The van der Waals surface area contributed by atoms with Crippen LogP contribution in [0.5, 0.6) is 5.75 Å². The van der Waals surface area contributed by atoms with E-state index in [-0.39, 0.29) is 17.5 Å². The van der Waals surface area contributed by atoms with E-state index in [0.29, 0.717) is 16.5 Å². The first-order chi connectivity index (χ1) is 14.5. The number of amides is 1. The van der Waals surface area contributed by atoms with Gasteiger partial charge in [-0.1, -0.05) is 24.3 Å². The number of anilines is 1. The molecule has 2 aromatic carbocycles. The average Bonchev–Trinajstić information content (AvgIpc) is 3.44. The SMILES string of the molecule is COc1ccc(-c2csc(NC(=O)c3ccc(-c4ccc(C(C)=O)cc4)o3)n2)cc1. The van der Waals surface area contributed by atoms with Gasteiger partial charge in [0.1, 0.15) is 11.5 Å². The van der Waals surface area contributed by atoms with Gasteiger partial charge in [0.05, 0.1) is 12.8 Å². The van der Waals surface area contributed by atoms with Crippen LogP contribution in [0.2, 0.25) is 0 Å². The number of ether oxygens (including phenoxy) is 1. The van der Waals surface area contributed by atoms with Crippen LogP contribution < -0.4 is 10.1 Å². The smallest absolute Gasteiger partial charge is 0.293 e. The second kappa shape index (κ2) is 8.34. The number of Topliss-reactive ketones (excluding diaryl/α,β-unsaturated/α-hetero) is 1. The summed E-state index contributed by atoms with van der Waals surface area (Å²) in [6, 6.07) is 17.9. The molecule has 0 saturated carbocycles. The number of hydrogen-bond donors (Lipinski definition) is 1. The molecule has 0 fully saturated rings. The van der Waals surface area contributed by atoms with Gasteiger partial charge in [0.25, 0.3) is 5.91 Å². The van der Waals surface area contributed by atoms with Gasteiger partial charge >= 0.3 is 0 Å². The molecular weight excluding hydrogens is 400 g/mol. The number of aromatic nitrogens is 1. The first-order valence-corrected chi connectivity index (χ1v) is 10.0. The largest absolute Gasteiger partial charge is 0.497 e. The van der Waals surface area contributed by atoms with Gasteiger partial charge in [0.15, 0.2) is 16.7 Å². The van der Waals surface area contributed by atoms with Gasteiger partial charge in [-0.2, -0.15) is 0 Å². The number of thiazole rings is 1. The standard InChI is InChI=1S/C23H18N2O4S/c1-14(26)15-3-5-17(6-4-15)20-11-12-21(29-20)22(27)25-23-24-19(13-30-23)16-7-9-18(28-2)10-8-16/h3-13H,1-2H3,(H,24,25,27). The Hall–Kier alpha value is -3.71. The quantitative estimate of drug-likeness (QED) is 0.416. The number of hydrogen-bond acceptors (Lipinski definition) is 6. The molecule has 7 heteroatoms. The third-order valence-corrected chi connectivity index (χ3v) is 5.27. The van der Waals surface area contributed by atoms with E-state index in [2.05, 4.69) is 10.3 Å². The van der Waals surface area contributed by atoms with Gasteiger partial charge < -0.3 is 9.15 Å². The first-order valence-electron chi connectivity index (χ1n) is 9.16. The monoisotopic (exact) mass is 418 g/mol. The minimum atomic E-state index is -0.378. The number of rotatable bonds is 6. The van der Waals surface area contributed by atoms with Crippen LogP contribution in [0, 0.1) is 0 Å². The molecule has 6 nitrogen and oxygen atoms in total. The minimum Gasteiger partial charge on any atom is -0.497 e. The maximum atomic E-state index is 12.5. The molecule has 2 heterocycles. The van der Waals surface area contributed by atoms with E-state index in [1.54, 1.807) is 43.5 Å². The summed E-state index contributed by atoms with van der Waals surface area (Å²) >= 11 is 1.34. The molecule has 0 bridgehead atoms. The topological polar surface area (TPSA) is 81.4 Å². The number of furan rings is 1. The van der Waals surface area contributed by atoms with Gasteiger partial charge in [-0.15, -0.1) is 11.3 Å². The van der Waals surface area contributed by atoms with Crippen LogP contribution in [0.4, 0.5) is 5.13 Å². The highest BCUT2D eigenvalue weighted by molar-refractivity contribution is 7.14. The Morgan fingerprint density at radius 3 is 2.33 bits per heavy atom. The Morgan fingerprint density at radius 2 is 1.67 bits per heavy atom. The summed E-state index contributed by atoms with van der Waals surface area (Å²) in [4.78, 5) is 28.4. The van der Waals surface area contributed by atoms with E-state index in [1.165, 1.54) is 18.3 Å². The van der Waals surface area contributed by atoms with Crippen LogP contribution in [-0.2, 0) is 0 Å². The highest BCUT2D eigenvalue weighted by Gasteiger charge is 2.15. The van der Waals surface area contributed by atoms with Crippen LogP contribution in [0.25, 0.3) is 22.6 Å². The van der Waals surface area contributed by atoms with Gasteiger partial charge in [-0.3, -0.25) is 14.9 Å². The van der Waals surface area contributed by atoms with Crippen molar-refractivity contribution in [2.24, 2.45) is 0 Å². The number of benzene rings is 2. The first kappa shape index (κ1) is 19.6. The van der Waals surface area contributed by atoms with Crippen molar-refractivity contribution in [1.82, 2.24) is 4.98 Å². The second-order valence-corrected chi connectivity index (χ2v) is 7.38. The maximum absolute atomic E-state index is 12.5. The van der Waals surface area contributed by atoms with E-state index < -0.39 is 0 Å². The second-order valence-electron chi connectivity index (χ2n) is 6.52. The summed E-state index contributed by atoms with van der Waals surface area (Å²) < 4.78 is 10.8. The van der Waals surface area contributed by atoms with Gasteiger partial charge in [0.2, 0.25) is 0 Å². The molecule has 30 heavy (non-hydrogen) atoms. The zero-order valence-corrected chi connectivity index (χ0v) is 17.2. The molecule has 4 aromatic rings. The lowest BCUT2D eigenvalue weighted by molar-refractivity contribution is 0.0994. The van der Waals surface area contributed by atoms with Crippen LogP contribution >= 0.6 is 11.3 Å². The summed E-state index contributed by atoms with van der Waals surface area (Å²) in [6.45, 7) is 1.52. The Morgan fingerprint density at radius 1 is 0.967 bits per heavy atom. The zero-order valence-electron chi connectivity index (χ0n) is 16.3. The minimum absolute atomic E-state index is 0.00137. The number of carbonyl (C=O) groups excluding carboxylic acids is 2. The van der Waals surface area contributed by atoms with Crippen molar-refractivity contribution in [1.29, 1.82) is 0 Å².